The normalized spacial score (nSPS) is 10.6. The molecule has 3 aromatic heterocycles. The van der Waals surface area contributed by atoms with E-state index in [9.17, 15) is 0 Å². The molecule has 6 nitrogen and oxygen atoms in total. The fraction of sp³-hybridized carbons (Fsp3) is 0.0769. The van der Waals surface area contributed by atoms with Crippen molar-refractivity contribution in [2.24, 2.45) is 7.05 Å². The van der Waals surface area contributed by atoms with E-state index in [1.807, 2.05) is 18.2 Å². The van der Waals surface area contributed by atoms with E-state index in [0.29, 0.717) is 17.3 Å². The standard InChI is InChI=1S/C13H12N6/c1-19-12(14)10(9-5-2-3-6-15-9)11(18-19)13-16-7-4-8-17-13/h2-8H,14H2,1H3. The van der Waals surface area contributed by atoms with E-state index in [4.69, 9.17) is 5.73 Å². The zero-order valence-corrected chi connectivity index (χ0v) is 10.4. The molecule has 3 heterocycles. The maximum Gasteiger partial charge on any atom is 0.180 e. The summed E-state index contributed by atoms with van der Waals surface area (Å²) < 4.78 is 1.61. The van der Waals surface area contributed by atoms with Crippen LogP contribution in [-0.4, -0.2) is 24.7 Å². The van der Waals surface area contributed by atoms with E-state index in [1.165, 1.54) is 0 Å². The molecule has 0 radical (unpaired) electrons. The molecule has 2 N–H and O–H groups in total. The van der Waals surface area contributed by atoms with Crippen LogP contribution >= 0.6 is 0 Å². The number of nitrogens with zero attached hydrogens (tertiary/aromatic N) is 5. The lowest BCUT2D eigenvalue weighted by molar-refractivity contribution is 0.780. The Morgan fingerprint density at radius 1 is 1.00 bits per heavy atom. The van der Waals surface area contributed by atoms with Gasteiger partial charge in [-0.3, -0.25) is 9.67 Å². The van der Waals surface area contributed by atoms with Crippen LogP contribution in [0.1, 0.15) is 0 Å². The van der Waals surface area contributed by atoms with Gasteiger partial charge in [-0.1, -0.05) is 6.07 Å². The molecule has 0 aromatic carbocycles. The molecule has 3 aromatic rings. The Bertz CT molecular complexity index is 690. The molecule has 0 amide bonds. The van der Waals surface area contributed by atoms with Gasteiger partial charge < -0.3 is 5.73 Å². The van der Waals surface area contributed by atoms with Crippen molar-refractivity contribution in [3.63, 3.8) is 0 Å². The molecule has 0 aliphatic heterocycles. The lowest BCUT2D eigenvalue weighted by atomic mass is 10.1. The number of aryl methyl sites for hydroxylation is 1. The van der Waals surface area contributed by atoms with E-state index in [2.05, 4.69) is 20.1 Å². The molecule has 0 saturated heterocycles. The molecular weight excluding hydrogens is 240 g/mol. The van der Waals surface area contributed by atoms with E-state index in [1.54, 1.807) is 36.4 Å². The molecule has 0 unspecified atom stereocenters. The first kappa shape index (κ1) is 11.3. The average molecular weight is 252 g/mol. The van der Waals surface area contributed by atoms with Gasteiger partial charge in [-0.2, -0.15) is 5.10 Å². The van der Waals surface area contributed by atoms with E-state index in [-0.39, 0.29) is 0 Å². The summed E-state index contributed by atoms with van der Waals surface area (Å²) in [6, 6.07) is 7.41. The van der Waals surface area contributed by atoms with Crippen molar-refractivity contribution in [3.8, 4) is 22.8 Å². The number of nitrogens with two attached hydrogens (primary N) is 1. The second kappa shape index (κ2) is 4.49. The van der Waals surface area contributed by atoms with Crippen LogP contribution in [0.3, 0.4) is 0 Å². The van der Waals surface area contributed by atoms with E-state index < -0.39 is 0 Å². The fourth-order valence-corrected chi connectivity index (χ4v) is 1.88. The molecule has 0 aliphatic carbocycles. The number of pyridine rings is 1. The molecule has 3 rings (SSSR count). The highest BCUT2D eigenvalue weighted by Gasteiger charge is 2.19. The minimum Gasteiger partial charge on any atom is -0.383 e. The molecular formula is C13H12N6. The molecule has 0 atom stereocenters. The summed E-state index contributed by atoms with van der Waals surface area (Å²) in [5, 5.41) is 4.38. The number of hydrogen-bond donors (Lipinski definition) is 1. The van der Waals surface area contributed by atoms with Crippen LogP contribution in [0.15, 0.2) is 42.9 Å². The van der Waals surface area contributed by atoms with Gasteiger partial charge in [0.15, 0.2) is 5.82 Å². The number of aromatic nitrogens is 5. The third-order valence-electron chi connectivity index (χ3n) is 2.79. The third-order valence-corrected chi connectivity index (χ3v) is 2.79. The van der Waals surface area contributed by atoms with Crippen LogP contribution in [0.4, 0.5) is 5.82 Å². The van der Waals surface area contributed by atoms with E-state index in [0.717, 1.165) is 11.3 Å². The Morgan fingerprint density at radius 3 is 2.42 bits per heavy atom. The smallest absolute Gasteiger partial charge is 0.180 e. The largest absolute Gasteiger partial charge is 0.383 e. The van der Waals surface area contributed by atoms with Crippen LogP contribution in [-0.2, 0) is 7.05 Å². The van der Waals surface area contributed by atoms with Gasteiger partial charge in [-0.25, -0.2) is 9.97 Å². The number of hydrogen-bond acceptors (Lipinski definition) is 5. The van der Waals surface area contributed by atoms with E-state index >= 15 is 0 Å². The quantitative estimate of drug-likeness (QED) is 0.747. The van der Waals surface area contributed by atoms with Gasteiger partial charge >= 0.3 is 0 Å². The van der Waals surface area contributed by atoms with Crippen LogP contribution in [0.25, 0.3) is 22.8 Å². The lowest BCUT2D eigenvalue weighted by Gasteiger charge is -2.01. The Morgan fingerprint density at radius 2 is 1.74 bits per heavy atom. The van der Waals surface area contributed by atoms with Crippen molar-refractivity contribution in [3.05, 3.63) is 42.9 Å². The Labute approximate surface area is 110 Å². The maximum absolute atomic E-state index is 6.08. The van der Waals surface area contributed by atoms with Crippen molar-refractivity contribution in [1.82, 2.24) is 24.7 Å². The van der Waals surface area contributed by atoms with Crippen molar-refractivity contribution in [1.29, 1.82) is 0 Å². The monoisotopic (exact) mass is 252 g/mol. The molecule has 6 heteroatoms. The Kier molecular flexibility index (Phi) is 2.68. The molecule has 0 aliphatic rings. The van der Waals surface area contributed by atoms with Crippen LogP contribution in [0.2, 0.25) is 0 Å². The minimum absolute atomic E-state index is 0.537. The first-order valence-electron chi connectivity index (χ1n) is 5.78. The van der Waals surface area contributed by atoms with Crippen LogP contribution in [0, 0.1) is 0 Å². The zero-order chi connectivity index (χ0) is 13.2. The first-order valence-corrected chi connectivity index (χ1v) is 5.78. The van der Waals surface area contributed by atoms with Gasteiger partial charge in [0.05, 0.1) is 11.3 Å². The predicted octanol–water partition coefficient (Wildman–Crippen LogP) is 1.52. The Balaban J connectivity index is 2.25. The van der Waals surface area contributed by atoms with Crippen molar-refractivity contribution in [2.75, 3.05) is 5.73 Å². The van der Waals surface area contributed by atoms with Gasteiger partial charge in [0, 0.05) is 25.6 Å². The summed E-state index contributed by atoms with van der Waals surface area (Å²) in [5.74, 6) is 1.08. The van der Waals surface area contributed by atoms with Crippen molar-refractivity contribution >= 4 is 5.82 Å². The van der Waals surface area contributed by atoms with Gasteiger partial charge in [0.2, 0.25) is 0 Å². The maximum atomic E-state index is 6.08. The summed E-state index contributed by atoms with van der Waals surface area (Å²) in [4.78, 5) is 12.8. The zero-order valence-electron chi connectivity index (χ0n) is 10.4. The second-order valence-electron chi connectivity index (χ2n) is 4.02. The fourth-order valence-electron chi connectivity index (χ4n) is 1.88. The Hall–Kier alpha value is -2.76. The highest BCUT2D eigenvalue weighted by Crippen LogP contribution is 2.32. The molecule has 0 fully saturated rings. The summed E-state index contributed by atoms with van der Waals surface area (Å²) in [6.07, 6.45) is 5.07. The topological polar surface area (TPSA) is 82.5 Å². The highest BCUT2D eigenvalue weighted by atomic mass is 15.3. The number of rotatable bonds is 2. The number of nitrogen functional groups attached to an aromatic ring is 1. The number of anilines is 1. The van der Waals surface area contributed by atoms with Gasteiger partial charge in [-0.15, -0.1) is 0 Å². The molecule has 94 valence electrons. The first-order chi connectivity index (χ1) is 9.27. The van der Waals surface area contributed by atoms with Crippen LogP contribution < -0.4 is 5.73 Å². The summed E-state index contributed by atoms with van der Waals surface area (Å²) >= 11 is 0. The highest BCUT2D eigenvalue weighted by molar-refractivity contribution is 5.84. The third kappa shape index (κ3) is 1.93. The molecule has 19 heavy (non-hydrogen) atoms. The summed E-state index contributed by atoms with van der Waals surface area (Å²) in [5.41, 5.74) is 8.23. The minimum atomic E-state index is 0.537. The van der Waals surface area contributed by atoms with Crippen LogP contribution in [0.5, 0.6) is 0 Å². The van der Waals surface area contributed by atoms with Crippen molar-refractivity contribution in [2.45, 2.75) is 0 Å². The summed E-state index contributed by atoms with van der Waals surface area (Å²) in [6.45, 7) is 0. The SMILES string of the molecule is Cn1nc(-c2ncccn2)c(-c2ccccn2)c1N. The lowest BCUT2D eigenvalue weighted by Crippen LogP contribution is -1.98. The summed E-state index contributed by atoms with van der Waals surface area (Å²) in [7, 11) is 1.79. The molecule has 0 saturated carbocycles. The molecule has 0 bridgehead atoms. The molecule has 0 spiro atoms. The van der Waals surface area contributed by atoms with Gasteiger partial charge in [0.25, 0.3) is 0 Å². The second-order valence-corrected chi connectivity index (χ2v) is 4.02. The van der Waals surface area contributed by atoms with Gasteiger partial charge in [0.1, 0.15) is 11.5 Å². The average Bonchev–Trinajstić information content (AvgIpc) is 2.77. The van der Waals surface area contributed by atoms with Crippen molar-refractivity contribution < 1.29 is 0 Å². The predicted molar refractivity (Wildman–Crippen MR) is 71.9 cm³/mol. The van der Waals surface area contributed by atoms with Gasteiger partial charge in [-0.05, 0) is 18.2 Å².